The molecule has 0 unspecified atom stereocenters. The first-order valence-electron chi connectivity index (χ1n) is 7.02. The van der Waals surface area contributed by atoms with Crippen LogP contribution in [0.3, 0.4) is 0 Å². The van der Waals surface area contributed by atoms with Crippen molar-refractivity contribution >= 4 is 17.5 Å². The van der Waals surface area contributed by atoms with E-state index in [4.69, 9.17) is 0 Å². The lowest BCUT2D eigenvalue weighted by Crippen LogP contribution is -2.20. The van der Waals surface area contributed by atoms with E-state index in [9.17, 15) is 0 Å². The lowest BCUT2D eigenvalue weighted by Gasteiger charge is -2.21. The van der Waals surface area contributed by atoms with Gasteiger partial charge in [0.05, 0.1) is 6.20 Å². The Morgan fingerprint density at radius 3 is 2.80 bits per heavy atom. The van der Waals surface area contributed by atoms with Crippen molar-refractivity contribution in [2.75, 3.05) is 23.3 Å². The molecule has 0 amide bonds. The van der Waals surface area contributed by atoms with E-state index in [0.717, 1.165) is 31.0 Å². The molecule has 0 aliphatic carbocycles. The Labute approximate surface area is 120 Å². The van der Waals surface area contributed by atoms with Gasteiger partial charge in [-0.25, -0.2) is 0 Å². The van der Waals surface area contributed by atoms with Crippen molar-refractivity contribution in [2.45, 2.75) is 27.2 Å². The minimum Gasteiger partial charge on any atom is -0.369 e. The number of rotatable bonds is 6. The van der Waals surface area contributed by atoms with Gasteiger partial charge in [0.15, 0.2) is 5.82 Å². The van der Waals surface area contributed by atoms with Crippen molar-refractivity contribution in [3.8, 4) is 0 Å². The van der Waals surface area contributed by atoms with Gasteiger partial charge in [-0.15, -0.1) is 5.10 Å². The van der Waals surface area contributed by atoms with Gasteiger partial charge in [0.25, 0.3) is 5.95 Å². The van der Waals surface area contributed by atoms with Crippen molar-refractivity contribution in [2.24, 2.45) is 0 Å². The maximum absolute atomic E-state index is 4.53. The number of benzene rings is 1. The molecule has 2 rings (SSSR count). The van der Waals surface area contributed by atoms with Crippen molar-refractivity contribution < 1.29 is 0 Å². The third-order valence-corrected chi connectivity index (χ3v) is 2.97. The van der Waals surface area contributed by atoms with Crippen molar-refractivity contribution in [1.29, 1.82) is 0 Å². The molecular weight excluding hydrogens is 250 g/mol. The van der Waals surface area contributed by atoms with Gasteiger partial charge >= 0.3 is 0 Å². The number of hydrogen-bond acceptors (Lipinski definition) is 5. The molecule has 0 radical (unpaired) electrons. The lowest BCUT2D eigenvalue weighted by molar-refractivity contribution is 0.875. The SMILES string of the molecule is CCCNc1cnnc(N(CC)c2cccc(C)c2)n1. The number of aryl methyl sites for hydroxylation is 1. The molecule has 2 aromatic rings. The molecule has 0 aliphatic heterocycles. The lowest BCUT2D eigenvalue weighted by atomic mass is 10.2. The average Bonchev–Trinajstić information content (AvgIpc) is 2.46. The van der Waals surface area contributed by atoms with Gasteiger partial charge in [0.1, 0.15) is 0 Å². The minimum absolute atomic E-state index is 0.624. The van der Waals surface area contributed by atoms with Crippen LogP contribution in [0.5, 0.6) is 0 Å². The molecule has 0 bridgehead atoms. The number of anilines is 3. The number of aromatic nitrogens is 3. The molecule has 5 heteroatoms. The van der Waals surface area contributed by atoms with Crippen LogP contribution in [0.2, 0.25) is 0 Å². The van der Waals surface area contributed by atoms with Gasteiger partial charge in [-0.3, -0.25) is 0 Å². The van der Waals surface area contributed by atoms with Gasteiger partial charge in [0.2, 0.25) is 0 Å². The van der Waals surface area contributed by atoms with Gasteiger partial charge in [-0.05, 0) is 38.0 Å². The summed E-state index contributed by atoms with van der Waals surface area (Å²) in [6.07, 6.45) is 2.71. The number of nitrogens with zero attached hydrogens (tertiary/aromatic N) is 4. The predicted molar refractivity (Wildman–Crippen MR) is 82.5 cm³/mol. The largest absolute Gasteiger partial charge is 0.369 e. The fourth-order valence-corrected chi connectivity index (χ4v) is 1.98. The predicted octanol–water partition coefficient (Wildman–Crippen LogP) is 3.16. The van der Waals surface area contributed by atoms with Crippen LogP contribution in [0.15, 0.2) is 30.5 Å². The van der Waals surface area contributed by atoms with Crippen LogP contribution >= 0.6 is 0 Å². The highest BCUT2D eigenvalue weighted by Gasteiger charge is 2.11. The first-order valence-corrected chi connectivity index (χ1v) is 7.02. The maximum atomic E-state index is 4.53. The first kappa shape index (κ1) is 14.2. The molecule has 0 saturated heterocycles. The fraction of sp³-hybridized carbons (Fsp3) is 0.400. The van der Waals surface area contributed by atoms with Crippen molar-refractivity contribution in [1.82, 2.24) is 15.2 Å². The molecule has 106 valence electrons. The van der Waals surface area contributed by atoms with E-state index >= 15 is 0 Å². The van der Waals surface area contributed by atoms with E-state index in [0.29, 0.717) is 5.95 Å². The normalized spacial score (nSPS) is 10.3. The van der Waals surface area contributed by atoms with Crippen LogP contribution in [-0.2, 0) is 0 Å². The highest BCUT2D eigenvalue weighted by molar-refractivity contribution is 5.58. The average molecular weight is 271 g/mol. The molecular formula is C15H21N5. The van der Waals surface area contributed by atoms with E-state index in [2.05, 4.69) is 64.4 Å². The summed E-state index contributed by atoms with van der Waals surface area (Å²) in [5.74, 6) is 1.39. The monoisotopic (exact) mass is 271 g/mol. The molecule has 1 heterocycles. The van der Waals surface area contributed by atoms with Crippen LogP contribution in [0, 0.1) is 6.92 Å². The molecule has 0 aliphatic rings. The third-order valence-electron chi connectivity index (χ3n) is 2.97. The Balaban J connectivity index is 2.27. The van der Waals surface area contributed by atoms with E-state index in [1.165, 1.54) is 5.56 Å². The Kier molecular flexibility index (Phi) is 4.87. The van der Waals surface area contributed by atoms with E-state index in [1.807, 2.05) is 6.07 Å². The topological polar surface area (TPSA) is 53.9 Å². The smallest absolute Gasteiger partial charge is 0.251 e. The molecule has 0 fully saturated rings. The third kappa shape index (κ3) is 3.44. The Morgan fingerprint density at radius 2 is 2.10 bits per heavy atom. The Hall–Kier alpha value is -2.17. The summed E-state index contributed by atoms with van der Waals surface area (Å²) >= 11 is 0. The fourth-order valence-electron chi connectivity index (χ4n) is 1.98. The summed E-state index contributed by atoms with van der Waals surface area (Å²) in [4.78, 5) is 6.58. The molecule has 5 nitrogen and oxygen atoms in total. The first-order chi connectivity index (χ1) is 9.74. The summed E-state index contributed by atoms with van der Waals surface area (Å²) in [7, 11) is 0. The summed E-state index contributed by atoms with van der Waals surface area (Å²) in [5.41, 5.74) is 2.30. The number of hydrogen-bond donors (Lipinski definition) is 1. The highest BCUT2D eigenvalue weighted by Crippen LogP contribution is 2.22. The summed E-state index contributed by atoms with van der Waals surface area (Å²) in [6.45, 7) is 7.96. The second kappa shape index (κ2) is 6.84. The molecule has 20 heavy (non-hydrogen) atoms. The second-order valence-electron chi connectivity index (χ2n) is 4.65. The van der Waals surface area contributed by atoms with Crippen molar-refractivity contribution in [3.63, 3.8) is 0 Å². The van der Waals surface area contributed by atoms with E-state index < -0.39 is 0 Å². The Bertz CT molecular complexity index is 555. The molecule has 0 saturated carbocycles. The van der Waals surface area contributed by atoms with Gasteiger partial charge in [-0.1, -0.05) is 19.1 Å². The van der Waals surface area contributed by atoms with Gasteiger partial charge in [-0.2, -0.15) is 10.1 Å². The van der Waals surface area contributed by atoms with Crippen LogP contribution < -0.4 is 10.2 Å². The summed E-state index contributed by atoms with van der Waals surface area (Å²) in [6, 6.07) is 8.31. The Morgan fingerprint density at radius 1 is 1.25 bits per heavy atom. The van der Waals surface area contributed by atoms with Crippen LogP contribution in [0.1, 0.15) is 25.8 Å². The second-order valence-corrected chi connectivity index (χ2v) is 4.65. The zero-order valence-corrected chi connectivity index (χ0v) is 12.3. The van der Waals surface area contributed by atoms with Crippen molar-refractivity contribution in [3.05, 3.63) is 36.0 Å². The molecule has 1 aromatic heterocycles. The summed E-state index contributed by atoms with van der Waals surface area (Å²) in [5, 5.41) is 11.4. The molecule has 0 spiro atoms. The van der Waals surface area contributed by atoms with Crippen LogP contribution in [-0.4, -0.2) is 28.3 Å². The van der Waals surface area contributed by atoms with Gasteiger partial charge in [0, 0.05) is 18.8 Å². The van der Waals surface area contributed by atoms with E-state index in [1.54, 1.807) is 6.20 Å². The zero-order valence-electron chi connectivity index (χ0n) is 12.3. The maximum Gasteiger partial charge on any atom is 0.251 e. The zero-order chi connectivity index (χ0) is 14.4. The standard InChI is InChI=1S/C15H21N5/c1-4-9-16-14-11-17-19-15(18-14)20(5-2)13-8-6-7-12(3)10-13/h6-8,10-11H,4-5,9H2,1-3H3,(H,16,18,19). The number of nitrogens with one attached hydrogen (secondary N) is 1. The molecule has 1 aromatic carbocycles. The van der Waals surface area contributed by atoms with E-state index in [-0.39, 0.29) is 0 Å². The quantitative estimate of drug-likeness (QED) is 0.874. The minimum atomic E-state index is 0.624. The van der Waals surface area contributed by atoms with Gasteiger partial charge < -0.3 is 10.2 Å². The molecule has 1 N–H and O–H groups in total. The van der Waals surface area contributed by atoms with Crippen LogP contribution in [0.25, 0.3) is 0 Å². The van der Waals surface area contributed by atoms with Crippen LogP contribution in [0.4, 0.5) is 17.5 Å². The molecule has 0 atom stereocenters. The highest BCUT2D eigenvalue weighted by atomic mass is 15.3. The summed E-state index contributed by atoms with van der Waals surface area (Å²) < 4.78 is 0.